The lowest BCUT2D eigenvalue weighted by Gasteiger charge is -2.18. The summed E-state index contributed by atoms with van der Waals surface area (Å²) in [6.07, 6.45) is 2.17. The van der Waals surface area contributed by atoms with E-state index in [0.717, 1.165) is 17.7 Å². The zero-order valence-electron chi connectivity index (χ0n) is 14.0. The summed E-state index contributed by atoms with van der Waals surface area (Å²) in [5, 5.41) is 6.92. The van der Waals surface area contributed by atoms with Gasteiger partial charge in [-0.05, 0) is 61.0 Å². The van der Waals surface area contributed by atoms with E-state index in [2.05, 4.69) is 29.7 Å². The quantitative estimate of drug-likeness (QED) is 0.794. The van der Waals surface area contributed by atoms with E-state index in [9.17, 15) is 8.42 Å². The van der Waals surface area contributed by atoms with E-state index in [4.69, 9.17) is 12.2 Å². The van der Waals surface area contributed by atoms with Gasteiger partial charge in [-0.1, -0.05) is 31.2 Å². The Morgan fingerprint density at radius 3 is 2.42 bits per heavy atom. The average molecular weight is 363 g/mol. The maximum absolute atomic E-state index is 11.5. The Bertz CT molecular complexity index is 815. The first-order chi connectivity index (χ1) is 11.3. The molecule has 128 valence electrons. The monoisotopic (exact) mass is 362 g/mol. The maximum atomic E-state index is 11.5. The molecule has 0 fully saturated rings. The van der Waals surface area contributed by atoms with Crippen LogP contribution < -0.4 is 10.6 Å². The number of aryl methyl sites for hydroxylation is 1. The van der Waals surface area contributed by atoms with Crippen LogP contribution in [-0.4, -0.2) is 19.8 Å². The predicted molar refractivity (Wildman–Crippen MR) is 103 cm³/mol. The molecule has 0 aromatic heterocycles. The SMILES string of the molecule is CCc1cccc(NC(=S)N[C@@H](C)c2ccc(S(C)(=O)=O)cc2)c1. The van der Waals surface area contributed by atoms with Crippen molar-refractivity contribution in [2.45, 2.75) is 31.2 Å². The van der Waals surface area contributed by atoms with E-state index in [1.807, 2.05) is 19.1 Å². The smallest absolute Gasteiger partial charge is 0.175 e. The third-order valence-corrected chi connectivity index (χ3v) is 5.10. The second-order valence-electron chi connectivity index (χ2n) is 5.72. The number of rotatable bonds is 5. The summed E-state index contributed by atoms with van der Waals surface area (Å²) in [6, 6.07) is 14.9. The minimum atomic E-state index is -3.17. The summed E-state index contributed by atoms with van der Waals surface area (Å²) in [6.45, 7) is 4.09. The molecular formula is C18H22N2O2S2. The minimum Gasteiger partial charge on any atom is -0.356 e. The highest BCUT2D eigenvalue weighted by Crippen LogP contribution is 2.17. The fraction of sp³-hybridized carbons (Fsp3) is 0.278. The molecule has 0 unspecified atom stereocenters. The molecule has 0 spiro atoms. The summed E-state index contributed by atoms with van der Waals surface area (Å²) in [5.74, 6) is 0. The van der Waals surface area contributed by atoms with Crippen molar-refractivity contribution < 1.29 is 8.42 Å². The van der Waals surface area contributed by atoms with Crippen LogP contribution in [0.25, 0.3) is 0 Å². The summed E-state index contributed by atoms with van der Waals surface area (Å²) < 4.78 is 23.0. The normalized spacial score (nSPS) is 12.5. The van der Waals surface area contributed by atoms with Gasteiger partial charge in [0.15, 0.2) is 14.9 Å². The van der Waals surface area contributed by atoms with Gasteiger partial charge in [0, 0.05) is 11.9 Å². The molecule has 0 bridgehead atoms. The van der Waals surface area contributed by atoms with Crippen molar-refractivity contribution in [1.82, 2.24) is 5.32 Å². The van der Waals surface area contributed by atoms with Crippen LogP contribution in [0, 0.1) is 0 Å². The standard InChI is InChI=1S/C18H22N2O2S2/c1-4-14-6-5-7-16(12-14)20-18(23)19-13(2)15-8-10-17(11-9-15)24(3,21)22/h5-13H,4H2,1-3H3,(H2,19,20,23)/t13-/m0/s1. The van der Waals surface area contributed by atoms with Gasteiger partial charge in [-0.15, -0.1) is 0 Å². The number of anilines is 1. The summed E-state index contributed by atoms with van der Waals surface area (Å²) in [4.78, 5) is 0.315. The second-order valence-corrected chi connectivity index (χ2v) is 8.14. The van der Waals surface area contributed by atoms with Gasteiger partial charge < -0.3 is 10.6 Å². The number of sulfone groups is 1. The fourth-order valence-electron chi connectivity index (χ4n) is 2.32. The maximum Gasteiger partial charge on any atom is 0.175 e. The summed E-state index contributed by atoms with van der Waals surface area (Å²) in [5.41, 5.74) is 3.16. The summed E-state index contributed by atoms with van der Waals surface area (Å²) in [7, 11) is -3.17. The van der Waals surface area contributed by atoms with Gasteiger partial charge in [0.2, 0.25) is 0 Å². The molecule has 24 heavy (non-hydrogen) atoms. The fourth-order valence-corrected chi connectivity index (χ4v) is 3.24. The predicted octanol–water partition coefficient (Wildman–Crippen LogP) is 3.70. The van der Waals surface area contributed by atoms with E-state index >= 15 is 0 Å². The zero-order valence-corrected chi connectivity index (χ0v) is 15.7. The van der Waals surface area contributed by atoms with Gasteiger partial charge in [0.1, 0.15) is 0 Å². The lowest BCUT2D eigenvalue weighted by atomic mass is 10.1. The Morgan fingerprint density at radius 1 is 1.17 bits per heavy atom. The first-order valence-electron chi connectivity index (χ1n) is 7.76. The van der Waals surface area contributed by atoms with E-state index in [0.29, 0.717) is 10.0 Å². The van der Waals surface area contributed by atoms with Gasteiger partial charge in [-0.2, -0.15) is 0 Å². The van der Waals surface area contributed by atoms with Crippen molar-refractivity contribution in [3.05, 3.63) is 59.7 Å². The molecule has 0 saturated heterocycles. The molecule has 0 aliphatic rings. The number of nitrogens with one attached hydrogen (secondary N) is 2. The second kappa shape index (κ2) is 7.77. The molecule has 2 N–H and O–H groups in total. The molecule has 2 aromatic rings. The van der Waals surface area contributed by atoms with Gasteiger partial charge in [0.25, 0.3) is 0 Å². The van der Waals surface area contributed by atoms with Crippen LogP contribution in [0.1, 0.15) is 31.0 Å². The van der Waals surface area contributed by atoms with E-state index < -0.39 is 9.84 Å². The van der Waals surface area contributed by atoms with Crippen LogP contribution in [-0.2, 0) is 16.3 Å². The molecule has 4 nitrogen and oxygen atoms in total. The molecular weight excluding hydrogens is 340 g/mol. The third-order valence-electron chi connectivity index (χ3n) is 3.75. The van der Waals surface area contributed by atoms with Crippen molar-refractivity contribution in [2.24, 2.45) is 0 Å². The van der Waals surface area contributed by atoms with E-state index in [-0.39, 0.29) is 6.04 Å². The Balaban J connectivity index is 2.00. The van der Waals surface area contributed by atoms with Crippen molar-refractivity contribution in [1.29, 1.82) is 0 Å². The van der Waals surface area contributed by atoms with Crippen molar-refractivity contribution >= 4 is 32.9 Å². The van der Waals surface area contributed by atoms with Crippen LogP contribution in [0.4, 0.5) is 5.69 Å². The largest absolute Gasteiger partial charge is 0.356 e. The van der Waals surface area contributed by atoms with Crippen LogP contribution >= 0.6 is 12.2 Å². The van der Waals surface area contributed by atoms with Crippen LogP contribution in [0.5, 0.6) is 0 Å². The molecule has 1 atom stereocenters. The summed E-state index contributed by atoms with van der Waals surface area (Å²) >= 11 is 5.36. The molecule has 0 aliphatic heterocycles. The van der Waals surface area contributed by atoms with Crippen molar-refractivity contribution in [2.75, 3.05) is 11.6 Å². The van der Waals surface area contributed by atoms with E-state index in [1.54, 1.807) is 24.3 Å². The lowest BCUT2D eigenvalue weighted by Crippen LogP contribution is -2.30. The highest BCUT2D eigenvalue weighted by molar-refractivity contribution is 7.90. The third kappa shape index (κ3) is 5.04. The molecule has 2 rings (SSSR count). The molecule has 6 heteroatoms. The van der Waals surface area contributed by atoms with E-state index in [1.165, 1.54) is 11.8 Å². The van der Waals surface area contributed by atoms with Gasteiger partial charge in [-0.25, -0.2) is 8.42 Å². The Labute approximate surface area is 149 Å². The minimum absolute atomic E-state index is 0.0343. The number of thiocarbonyl (C=S) groups is 1. The van der Waals surface area contributed by atoms with Gasteiger partial charge in [0.05, 0.1) is 10.9 Å². The first kappa shape index (κ1) is 18.4. The molecule has 0 heterocycles. The topological polar surface area (TPSA) is 58.2 Å². The number of benzene rings is 2. The van der Waals surface area contributed by atoms with Crippen LogP contribution in [0.3, 0.4) is 0 Å². The van der Waals surface area contributed by atoms with Crippen LogP contribution in [0.15, 0.2) is 53.4 Å². The first-order valence-corrected chi connectivity index (χ1v) is 10.1. The van der Waals surface area contributed by atoms with Gasteiger partial charge in [-0.3, -0.25) is 0 Å². The van der Waals surface area contributed by atoms with Crippen molar-refractivity contribution in [3.8, 4) is 0 Å². The Morgan fingerprint density at radius 2 is 1.83 bits per heavy atom. The highest BCUT2D eigenvalue weighted by atomic mass is 32.2. The van der Waals surface area contributed by atoms with Gasteiger partial charge >= 0.3 is 0 Å². The van der Waals surface area contributed by atoms with Crippen LogP contribution in [0.2, 0.25) is 0 Å². The Kier molecular flexibility index (Phi) is 5.96. The molecule has 0 radical (unpaired) electrons. The molecule has 0 saturated carbocycles. The Hall–Kier alpha value is -1.92. The highest BCUT2D eigenvalue weighted by Gasteiger charge is 2.10. The average Bonchev–Trinajstić information content (AvgIpc) is 2.54. The molecule has 0 amide bonds. The molecule has 0 aliphatic carbocycles. The number of hydrogen-bond acceptors (Lipinski definition) is 3. The van der Waals surface area contributed by atoms with Crippen molar-refractivity contribution in [3.63, 3.8) is 0 Å². The zero-order chi connectivity index (χ0) is 17.7. The molecule has 2 aromatic carbocycles. The number of hydrogen-bond donors (Lipinski definition) is 2. The lowest BCUT2D eigenvalue weighted by molar-refractivity contribution is 0.601.